The molecule has 0 saturated heterocycles. The largest absolute Gasteiger partial charge is 0.411 e. The fourth-order valence-corrected chi connectivity index (χ4v) is 1.19. The summed E-state index contributed by atoms with van der Waals surface area (Å²) in [4.78, 5) is 0. The lowest BCUT2D eigenvalue weighted by atomic mass is 10.1. The van der Waals surface area contributed by atoms with Gasteiger partial charge in [0, 0.05) is 5.56 Å². The third-order valence-electron chi connectivity index (χ3n) is 1.92. The van der Waals surface area contributed by atoms with E-state index in [-0.39, 0.29) is 5.56 Å². The first-order chi connectivity index (χ1) is 7.79. The Kier molecular flexibility index (Phi) is 4.41. The molecule has 0 aliphatic heterocycles. The second-order valence-electron chi connectivity index (χ2n) is 3.40. The number of alkyl halides is 3. The molecule has 0 radical (unpaired) electrons. The standard InChI is InChI=1S/C10H10F5NO/c11-6-1-2-8(12)7(3-6)9(16)4-17-5-10(13,14)15/h1-3,9H,4-5,16H2. The molecule has 0 aliphatic rings. The SMILES string of the molecule is NC(COCC(F)(F)F)c1cc(F)ccc1F. The molecule has 2 nitrogen and oxygen atoms in total. The fraction of sp³-hybridized carbons (Fsp3) is 0.400. The van der Waals surface area contributed by atoms with Crippen molar-refractivity contribution < 1.29 is 26.7 Å². The molecule has 17 heavy (non-hydrogen) atoms. The molecule has 0 aliphatic carbocycles. The predicted molar refractivity (Wildman–Crippen MR) is 50.2 cm³/mol. The summed E-state index contributed by atoms with van der Waals surface area (Å²) in [5, 5.41) is 0. The van der Waals surface area contributed by atoms with Crippen LogP contribution in [0.2, 0.25) is 0 Å². The van der Waals surface area contributed by atoms with E-state index in [1.807, 2.05) is 0 Å². The summed E-state index contributed by atoms with van der Waals surface area (Å²) >= 11 is 0. The van der Waals surface area contributed by atoms with E-state index in [4.69, 9.17) is 5.73 Å². The highest BCUT2D eigenvalue weighted by atomic mass is 19.4. The molecule has 1 aromatic carbocycles. The highest BCUT2D eigenvalue weighted by molar-refractivity contribution is 5.22. The second kappa shape index (κ2) is 5.42. The van der Waals surface area contributed by atoms with Gasteiger partial charge in [-0.3, -0.25) is 0 Å². The molecule has 0 fully saturated rings. The number of ether oxygens (including phenoxy) is 1. The Morgan fingerprint density at radius 2 is 1.88 bits per heavy atom. The Bertz CT molecular complexity index is 379. The van der Waals surface area contributed by atoms with Gasteiger partial charge in [0.25, 0.3) is 0 Å². The minimum Gasteiger partial charge on any atom is -0.370 e. The highest BCUT2D eigenvalue weighted by Gasteiger charge is 2.28. The Labute approximate surface area is 94.2 Å². The molecule has 0 saturated carbocycles. The van der Waals surface area contributed by atoms with E-state index in [0.717, 1.165) is 18.2 Å². The van der Waals surface area contributed by atoms with Gasteiger partial charge in [0.2, 0.25) is 0 Å². The first-order valence-electron chi connectivity index (χ1n) is 4.64. The van der Waals surface area contributed by atoms with Gasteiger partial charge in [0.15, 0.2) is 0 Å². The molecular formula is C10H10F5NO. The topological polar surface area (TPSA) is 35.2 Å². The molecule has 2 N–H and O–H groups in total. The quantitative estimate of drug-likeness (QED) is 0.839. The zero-order valence-corrected chi connectivity index (χ0v) is 8.60. The van der Waals surface area contributed by atoms with Gasteiger partial charge < -0.3 is 10.5 Å². The maximum atomic E-state index is 13.2. The van der Waals surface area contributed by atoms with Crippen LogP contribution in [0.4, 0.5) is 22.0 Å². The number of nitrogens with two attached hydrogens (primary N) is 1. The molecule has 7 heteroatoms. The van der Waals surface area contributed by atoms with Gasteiger partial charge in [-0.25, -0.2) is 8.78 Å². The summed E-state index contributed by atoms with van der Waals surface area (Å²) in [5.41, 5.74) is 5.18. The van der Waals surface area contributed by atoms with E-state index in [1.165, 1.54) is 0 Å². The van der Waals surface area contributed by atoms with E-state index < -0.39 is 37.1 Å². The zero-order chi connectivity index (χ0) is 13.1. The summed E-state index contributed by atoms with van der Waals surface area (Å²) < 4.78 is 65.5. The number of rotatable bonds is 4. The third kappa shape index (κ3) is 4.66. The Hall–Kier alpha value is -1.21. The smallest absolute Gasteiger partial charge is 0.370 e. The number of halogens is 5. The number of hydrogen-bond donors (Lipinski definition) is 1. The van der Waals surface area contributed by atoms with Crippen molar-refractivity contribution in [2.75, 3.05) is 13.2 Å². The minimum absolute atomic E-state index is 0.216. The van der Waals surface area contributed by atoms with Crippen LogP contribution >= 0.6 is 0 Å². The van der Waals surface area contributed by atoms with Gasteiger partial charge in [-0.1, -0.05) is 0 Å². The molecule has 1 aromatic rings. The zero-order valence-electron chi connectivity index (χ0n) is 8.60. The Balaban J connectivity index is 2.58. The van der Waals surface area contributed by atoms with Crippen molar-refractivity contribution >= 4 is 0 Å². The minimum atomic E-state index is -4.47. The van der Waals surface area contributed by atoms with E-state index in [1.54, 1.807) is 0 Å². The van der Waals surface area contributed by atoms with Gasteiger partial charge in [-0.2, -0.15) is 13.2 Å². The monoisotopic (exact) mass is 255 g/mol. The van der Waals surface area contributed by atoms with Crippen molar-refractivity contribution in [2.45, 2.75) is 12.2 Å². The maximum Gasteiger partial charge on any atom is 0.411 e. The average Bonchev–Trinajstić information content (AvgIpc) is 2.19. The van der Waals surface area contributed by atoms with Gasteiger partial charge in [0.05, 0.1) is 12.6 Å². The van der Waals surface area contributed by atoms with Crippen molar-refractivity contribution in [1.29, 1.82) is 0 Å². The van der Waals surface area contributed by atoms with E-state index >= 15 is 0 Å². The fourth-order valence-electron chi connectivity index (χ4n) is 1.19. The van der Waals surface area contributed by atoms with Crippen LogP contribution in [0.3, 0.4) is 0 Å². The molecule has 0 bridgehead atoms. The van der Waals surface area contributed by atoms with Crippen molar-refractivity contribution in [2.24, 2.45) is 5.73 Å². The summed E-state index contributed by atoms with van der Waals surface area (Å²) in [5.74, 6) is -1.50. The molecule has 96 valence electrons. The Morgan fingerprint density at radius 1 is 1.24 bits per heavy atom. The van der Waals surface area contributed by atoms with Crippen LogP contribution in [0.5, 0.6) is 0 Å². The van der Waals surface area contributed by atoms with Gasteiger partial charge >= 0.3 is 6.18 Å². The van der Waals surface area contributed by atoms with Crippen molar-refractivity contribution in [1.82, 2.24) is 0 Å². The third-order valence-corrected chi connectivity index (χ3v) is 1.92. The molecule has 0 amide bonds. The number of benzene rings is 1. The molecule has 1 rings (SSSR count). The van der Waals surface area contributed by atoms with Crippen molar-refractivity contribution in [3.63, 3.8) is 0 Å². The molecule has 0 spiro atoms. The van der Waals surface area contributed by atoms with Crippen LogP contribution in [0.15, 0.2) is 18.2 Å². The molecule has 0 heterocycles. The predicted octanol–water partition coefficient (Wildman–Crippen LogP) is 2.54. The normalized spacial score (nSPS) is 13.8. The van der Waals surface area contributed by atoms with Crippen molar-refractivity contribution in [3.8, 4) is 0 Å². The van der Waals surface area contributed by atoms with Crippen molar-refractivity contribution in [3.05, 3.63) is 35.4 Å². The van der Waals surface area contributed by atoms with E-state index in [9.17, 15) is 22.0 Å². The van der Waals surface area contributed by atoms with Gasteiger partial charge in [0.1, 0.15) is 18.2 Å². The van der Waals surface area contributed by atoms with Gasteiger partial charge in [-0.15, -0.1) is 0 Å². The lowest BCUT2D eigenvalue weighted by molar-refractivity contribution is -0.174. The van der Waals surface area contributed by atoms with Gasteiger partial charge in [-0.05, 0) is 18.2 Å². The first kappa shape index (κ1) is 13.9. The first-order valence-corrected chi connectivity index (χ1v) is 4.64. The van der Waals surface area contributed by atoms with Crippen LogP contribution in [0.1, 0.15) is 11.6 Å². The van der Waals surface area contributed by atoms with E-state index in [0.29, 0.717) is 0 Å². The lowest BCUT2D eigenvalue weighted by Crippen LogP contribution is -2.24. The molecule has 1 unspecified atom stereocenters. The molecule has 0 aromatic heterocycles. The summed E-state index contributed by atoms with van der Waals surface area (Å²) in [6.07, 6.45) is -4.47. The lowest BCUT2D eigenvalue weighted by Gasteiger charge is -2.14. The molecule has 1 atom stereocenters. The van der Waals surface area contributed by atoms with Crippen LogP contribution in [0.25, 0.3) is 0 Å². The Morgan fingerprint density at radius 3 is 2.47 bits per heavy atom. The van der Waals surface area contributed by atoms with E-state index in [2.05, 4.69) is 4.74 Å². The maximum absolute atomic E-state index is 13.2. The summed E-state index contributed by atoms with van der Waals surface area (Å²) in [6, 6.07) is 1.43. The highest BCUT2D eigenvalue weighted by Crippen LogP contribution is 2.19. The average molecular weight is 255 g/mol. The van der Waals surface area contributed by atoms with Crippen LogP contribution in [-0.4, -0.2) is 19.4 Å². The van der Waals surface area contributed by atoms with Crippen LogP contribution < -0.4 is 5.73 Å². The van der Waals surface area contributed by atoms with Crippen LogP contribution in [-0.2, 0) is 4.74 Å². The molecular weight excluding hydrogens is 245 g/mol. The van der Waals surface area contributed by atoms with Crippen LogP contribution in [0, 0.1) is 11.6 Å². The summed E-state index contributed by atoms with van der Waals surface area (Å²) in [6.45, 7) is -2.02. The number of hydrogen-bond acceptors (Lipinski definition) is 2. The second-order valence-corrected chi connectivity index (χ2v) is 3.40. The summed E-state index contributed by atoms with van der Waals surface area (Å²) in [7, 11) is 0.